The summed E-state index contributed by atoms with van der Waals surface area (Å²) in [5.74, 6) is 0.0555. The molecule has 0 aliphatic rings. The summed E-state index contributed by atoms with van der Waals surface area (Å²) in [5.41, 5.74) is 0.350. The van der Waals surface area contributed by atoms with Gasteiger partial charge >= 0.3 is 5.97 Å². The zero-order valence-corrected chi connectivity index (χ0v) is 13.5. The number of halogens is 2. The third-order valence-corrected chi connectivity index (χ3v) is 3.87. The standard InChI is InChI=1S/C11H14BrClO3Si/c1-15-11(14)7-5-9(13)8(12)6-10(7)16-17(2,3)4/h5-6H,1-4H3. The smallest absolute Gasteiger partial charge is 0.341 e. The van der Waals surface area contributed by atoms with E-state index in [9.17, 15) is 4.79 Å². The van der Waals surface area contributed by atoms with Crippen LogP contribution in [0, 0.1) is 0 Å². The van der Waals surface area contributed by atoms with E-state index in [-0.39, 0.29) is 0 Å². The molecule has 0 radical (unpaired) electrons. The van der Waals surface area contributed by atoms with Crippen molar-refractivity contribution in [3.63, 3.8) is 0 Å². The summed E-state index contributed by atoms with van der Waals surface area (Å²) in [6.07, 6.45) is 0. The maximum atomic E-state index is 11.6. The normalized spacial score (nSPS) is 11.2. The Balaban J connectivity index is 3.26. The van der Waals surface area contributed by atoms with Crippen LogP contribution in [-0.2, 0) is 4.74 Å². The molecule has 0 amide bonds. The second kappa shape index (κ2) is 5.41. The van der Waals surface area contributed by atoms with E-state index in [0.717, 1.165) is 0 Å². The van der Waals surface area contributed by atoms with Gasteiger partial charge in [-0.1, -0.05) is 11.6 Å². The lowest BCUT2D eigenvalue weighted by molar-refractivity contribution is 0.0598. The highest BCUT2D eigenvalue weighted by Crippen LogP contribution is 2.32. The molecule has 3 nitrogen and oxygen atoms in total. The van der Waals surface area contributed by atoms with Gasteiger partial charge in [0.15, 0.2) is 0 Å². The average Bonchev–Trinajstić information content (AvgIpc) is 2.20. The van der Waals surface area contributed by atoms with E-state index >= 15 is 0 Å². The van der Waals surface area contributed by atoms with Crippen molar-refractivity contribution in [2.24, 2.45) is 0 Å². The van der Waals surface area contributed by atoms with Gasteiger partial charge in [0.05, 0.1) is 12.1 Å². The first-order valence-electron chi connectivity index (χ1n) is 5.01. The fourth-order valence-electron chi connectivity index (χ4n) is 1.21. The number of benzene rings is 1. The second-order valence-corrected chi connectivity index (χ2v) is 10.2. The number of rotatable bonds is 3. The van der Waals surface area contributed by atoms with Crippen molar-refractivity contribution >= 4 is 41.8 Å². The molecule has 0 aliphatic carbocycles. The maximum absolute atomic E-state index is 11.6. The zero-order valence-electron chi connectivity index (χ0n) is 10.1. The maximum Gasteiger partial charge on any atom is 0.341 e. The molecule has 0 aliphatic heterocycles. The fourth-order valence-corrected chi connectivity index (χ4v) is 2.53. The predicted molar refractivity (Wildman–Crippen MR) is 74.5 cm³/mol. The van der Waals surface area contributed by atoms with Gasteiger partial charge in [0.25, 0.3) is 0 Å². The van der Waals surface area contributed by atoms with Crippen molar-refractivity contribution in [2.75, 3.05) is 7.11 Å². The Hall–Kier alpha value is -0.523. The van der Waals surface area contributed by atoms with Crippen molar-refractivity contribution in [3.05, 3.63) is 27.2 Å². The van der Waals surface area contributed by atoms with Gasteiger partial charge in [-0.05, 0) is 47.7 Å². The Morgan fingerprint density at radius 1 is 1.35 bits per heavy atom. The molecule has 0 saturated carbocycles. The Bertz CT molecular complexity index is 443. The number of methoxy groups -OCH3 is 1. The molecule has 1 aromatic carbocycles. The molecule has 0 spiro atoms. The van der Waals surface area contributed by atoms with Crippen LogP contribution in [0.4, 0.5) is 0 Å². The Kier molecular flexibility index (Phi) is 4.63. The van der Waals surface area contributed by atoms with Crippen molar-refractivity contribution in [1.82, 2.24) is 0 Å². The van der Waals surface area contributed by atoms with Crippen LogP contribution < -0.4 is 4.43 Å². The Morgan fingerprint density at radius 3 is 2.41 bits per heavy atom. The lowest BCUT2D eigenvalue weighted by Gasteiger charge is -2.21. The van der Waals surface area contributed by atoms with E-state index in [1.165, 1.54) is 7.11 Å². The summed E-state index contributed by atoms with van der Waals surface area (Å²) in [4.78, 5) is 11.6. The number of ether oxygens (including phenoxy) is 1. The van der Waals surface area contributed by atoms with E-state index in [0.29, 0.717) is 20.8 Å². The van der Waals surface area contributed by atoms with Gasteiger partial charge in [0, 0.05) is 4.47 Å². The Morgan fingerprint density at radius 2 is 1.94 bits per heavy atom. The van der Waals surface area contributed by atoms with E-state index in [1.54, 1.807) is 12.1 Å². The van der Waals surface area contributed by atoms with Crippen molar-refractivity contribution in [1.29, 1.82) is 0 Å². The van der Waals surface area contributed by atoms with E-state index in [4.69, 9.17) is 20.8 Å². The molecule has 6 heteroatoms. The molecule has 17 heavy (non-hydrogen) atoms. The molecule has 0 aromatic heterocycles. The molecule has 0 N–H and O–H groups in total. The van der Waals surface area contributed by atoms with Gasteiger partial charge in [0.2, 0.25) is 8.32 Å². The van der Waals surface area contributed by atoms with E-state index < -0.39 is 14.3 Å². The third kappa shape index (κ3) is 4.01. The molecule has 0 atom stereocenters. The van der Waals surface area contributed by atoms with Gasteiger partial charge in [-0.15, -0.1) is 0 Å². The lowest BCUT2D eigenvalue weighted by Crippen LogP contribution is -2.30. The van der Waals surface area contributed by atoms with Crippen molar-refractivity contribution in [3.8, 4) is 5.75 Å². The number of carbonyl (C=O) groups excluding carboxylic acids is 1. The first-order chi connectivity index (χ1) is 7.74. The van der Waals surface area contributed by atoms with Crippen LogP contribution in [0.2, 0.25) is 24.7 Å². The van der Waals surface area contributed by atoms with Crippen molar-refractivity contribution in [2.45, 2.75) is 19.6 Å². The summed E-state index contributed by atoms with van der Waals surface area (Å²) in [7, 11) is -0.470. The Labute approximate surface area is 115 Å². The van der Waals surface area contributed by atoms with Crippen LogP contribution in [0.25, 0.3) is 0 Å². The molecule has 0 bridgehead atoms. The first kappa shape index (κ1) is 14.5. The topological polar surface area (TPSA) is 35.5 Å². The highest BCUT2D eigenvalue weighted by atomic mass is 79.9. The minimum Gasteiger partial charge on any atom is -0.544 e. The molecule has 0 unspecified atom stereocenters. The van der Waals surface area contributed by atoms with Crippen LogP contribution >= 0.6 is 27.5 Å². The van der Waals surface area contributed by atoms with Gasteiger partial charge in [-0.3, -0.25) is 0 Å². The third-order valence-electron chi connectivity index (χ3n) is 1.84. The predicted octanol–water partition coefficient (Wildman–Crippen LogP) is 4.10. The molecule has 94 valence electrons. The molecule has 0 heterocycles. The largest absolute Gasteiger partial charge is 0.544 e. The lowest BCUT2D eigenvalue weighted by atomic mass is 10.2. The van der Waals surface area contributed by atoms with Crippen LogP contribution in [0.1, 0.15) is 10.4 Å². The highest BCUT2D eigenvalue weighted by Gasteiger charge is 2.22. The summed E-state index contributed by atoms with van der Waals surface area (Å²) in [6, 6.07) is 3.25. The average molecular weight is 338 g/mol. The minimum absolute atomic E-state index is 0.350. The van der Waals surface area contributed by atoms with E-state index in [2.05, 4.69) is 15.9 Å². The zero-order chi connectivity index (χ0) is 13.2. The van der Waals surface area contributed by atoms with Crippen LogP contribution in [0.5, 0.6) is 5.75 Å². The fraction of sp³-hybridized carbons (Fsp3) is 0.364. The van der Waals surface area contributed by atoms with Crippen LogP contribution in [-0.4, -0.2) is 21.4 Å². The second-order valence-electron chi connectivity index (χ2n) is 4.47. The highest BCUT2D eigenvalue weighted by molar-refractivity contribution is 9.10. The van der Waals surface area contributed by atoms with Crippen LogP contribution in [0.15, 0.2) is 16.6 Å². The summed E-state index contributed by atoms with van der Waals surface area (Å²) < 4.78 is 11.2. The summed E-state index contributed by atoms with van der Waals surface area (Å²) in [5, 5.41) is 0.452. The molecule has 0 fully saturated rings. The van der Waals surface area contributed by atoms with Gasteiger partial charge in [-0.25, -0.2) is 4.79 Å². The first-order valence-corrected chi connectivity index (χ1v) is 9.59. The molecule has 1 aromatic rings. The number of hydrogen-bond donors (Lipinski definition) is 0. The van der Waals surface area contributed by atoms with Gasteiger partial charge in [-0.2, -0.15) is 0 Å². The minimum atomic E-state index is -1.80. The van der Waals surface area contributed by atoms with E-state index in [1.807, 2.05) is 19.6 Å². The quantitative estimate of drug-likeness (QED) is 0.615. The molecular formula is C11H14BrClO3Si. The van der Waals surface area contributed by atoms with Gasteiger partial charge < -0.3 is 9.16 Å². The van der Waals surface area contributed by atoms with Gasteiger partial charge in [0.1, 0.15) is 11.3 Å². The summed E-state index contributed by atoms with van der Waals surface area (Å²) >= 11 is 9.27. The van der Waals surface area contributed by atoms with Crippen molar-refractivity contribution < 1.29 is 14.0 Å². The summed E-state index contributed by atoms with van der Waals surface area (Å²) in [6.45, 7) is 6.11. The van der Waals surface area contributed by atoms with Crippen LogP contribution in [0.3, 0.4) is 0 Å². The SMILES string of the molecule is COC(=O)c1cc(Cl)c(Br)cc1O[Si](C)(C)C. The number of esters is 1. The monoisotopic (exact) mass is 336 g/mol. The molecule has 1 rings (SSSR count). The molecule has 0 saturated heterocycles. The number of hydrogen-bond acceptors (Lipinski definition) is 3. The molecular weight excluding hydrogens is 324 g/mol. The number of carbonyl (C=O) groups is 1.